The van der Waals surface area contributed by atoms with E-state index >= 15 is 0 Å². The number of ether oxygens (including phenoxy) is 1. The number of piperidine rings is 1. The van der Waals surface area contributed by atoms with Crippen LogP contribution in [0.5, 0.6) is 0 Å². The van der Waals surface area contributed by atoms with Gasteiger partial charge in [0.15, 0.2) is 0 Å². The minimum absolute atomic E-state index is 0.144. The van der Waals surface area contributed by atoms with Crippen LogP contribution in [0.1, 0.15) is 30.1 Å². The van der Waals surface area contributed by atoms with Crippen molar-refractivity contribution >= 4 is 29.0 Å². The Kier molecular flexibility index (Phi) is 8.71. The summed E-state index contributed by atoms with van der Waals surface area (Å²) < 4.78 is 32.4. The van der Waals surface area contributed by atoms with Crippen molar-refractivity contribution in [3.05, 3.63) is 53.6 Å². The normalized spacial score (nSPS) is 17.0. The molecular weight excluding hydrogens is 468 g/mol. The first-order valence-electron chi connectivity index (χ1n) is 12.4. The van der Waals surface area contributed by atoms with Gasteiger partial charge in [-0.25, -0.2) is 13.6 Å². The van der Waals surface area contributed by atoms with Crippen LogP contribution < -0.4 is 20.9 Å². The number of carbonyl (C=O) groups is 2. The summed E-state index contributed by atoms with van der Waals surface area (Å²) in [5.41, 5.74) is 1.54. The molecule has 2 aliphatic heterocycles. The third kappa shape index (κ3) is 6.92. The molecule has 0 radical (unpaired) electrons. The van der Waals surface area contributed by atoms with E-state index in [1.165, 1.54) is 0 Å². The molecule has 8 nitrogen and oxygen atoms in total. The van der Waals surface area contributed by atoms with E-state index in [4.69, 9.17) is 4.74 Å². The predicted molar refractivity (Wildman–Crippen MR) is 136 cm³/mol. The molecule has 194 valence electrons. The lowest BCUT2D eigenvalue weighted by Crippen LogP contribution is -2.41. The zero-order valence-electron chi connectivity index (χ0n) is 20.5. The van der Waals surface area contributed by atoms with Crippen molar-refractivity contribution in [2.45, 2.75) is 19.8 Å². The molecule has 0 spiro atoms. The van der Waals surface area contributed by atoms with Gasteiger partial charge < -0.3 is 25.6 Å². The van der Waals surface area contributed by atoms with Gasteiger partial charge in [-0.15, -0.1) is 0 Å². The minimum atomic E-state index is -0.875. The van der Waals surface area contributed by atoms with E-state index in [0.717, 1.165) is 63.4 Å². The molecule has 10 heteroatoms. The molecule has 2 aromatic carbocycles. The van der Waals surface area contributed by atoms with E-state index in [0.29, 0.717) is 43.0 Å². The van der Waals surface area contributed by atoms with Crippen molar-refractivity contribution in [2.24, 2.45) is 5.92 Å². The first-order chi connectivity index (χ1) is 17.4. The second kappa shape index (κ2) is 12.1. The number of amides is 3. The van der Waals surface area contributed by atoms with E-state index in [1.54, 1.807) is 12.1 Å². The molecule has 0 aromatic heterocycles. The van der Waals surface area contributed by atoms with Gasteiger partial charge in [0, 0.05) is 56.7 Å². The topological polar surface area (TPSA) is 85.9 Å². The Bertz CT molecular complexity index is 1070. The molecule has 36 heavy (non-hydrogen) atoms. The van der Waals surface area contributed by atoms with Gasteiger partial charge in [-0.2, -0.15) is 0 Å². The predicted octanol–water partition coefficient (Wildman–Crippen LogP) is 3.91. The number of urea groups is 1. The maximum absolute atomic E-state index is 13.9. The van der Waals surface area contributed by atoms with Crippen molar-refractivity contribution in [1.29, 1.82) is 0 Å². The first-order valence-corrected chi connectivity index (χ1v) is 12.4. The van der Waals surface area contributed by atoms with Gasteiger partial charge in [0.25, 0.3) is 5.91 Å². The molecule has 0 bridgehead atoms. The number of hydrogen-bond acceptors (Lipinski definition) is 5. The molecule has 3 amide bonds. The molecule has 3 N–H and O–H groups in total. The fourth-order valence-corrected chi connectivity index (χ4v) is 4.44. The molecule has 2 heterocycles. The minimum Gasteiger partial charge on any atom is -0.379 e. The number of benzene rings is 2. The van der Waals surface area contributed by atoms with Crippen LogP contribution in [0.25, 0.3) is 0 Å². The van der Waals surface area contributed by atoms with E-state index in [2.05, 4.69) is 32.7 Å². The largest absolute Gasteiger partial charge is 0.379 e. The smallest absolute Gasteiger partial charge is 0.323 e. The highest BCUT2D eigenvalue weighted by Crippen LogP contribution is 2.29. The van der Waals surface area contributed by atoms with Crippen LogP contribution in [0.4, 0.5) is 30.6 Å². The zero-order chi connectivity index (χ0) is 25.5. The second-order valence-corrected chi connectivity index (χ2v) is 9.31. The van der Waals surface area contributed by atoms with Crippen molar-refractivity contribution in [2.75, 3.05) is 68.0 Å². The summed E-state index contributed by atoms with van der Waals surface area (Å²) in [4.78, 5) is 30.1. The lowest BCUT2D eigenvalue weighted by molar-refractivity contribution is 0.0383. The van der Waals surface area contributed by atoms with Crippen LogP contribution in [0, 0.1) is 17.6 Å². The average Bonchev–Trinajstić information content (AvgIpc) is 2.87. The number of halogens is 2. The summed E-state index contributed by atoms with van der Waals surface area (Å²) >= 11 is 0. The molecular formula is C26H33F2N5O3. The molecule has 0 unspecified atom stereocenters. The van der Waals surface area contributed by atoms with Crippen LogP contribution in [-0.2, 0) is 4.74 Å². The van der Waals surface area contributed by atoms with Crippen molar-refractivity contribution in [1.82, 2.24) is 10.2 Å². The van der Waals surface area contributed by atoms with Crippen LogP contribution in [-0.4, -0.2) is 69.3 Å². The van der Waals surface area contributed by atoms with Gasteiger partial charge in [0.2, 0.25) is 0 Å². The summed E-state index contributed by atoms with van der Waals surface area (Å²) in [7, 11) is 0. The Morgan fingerprint density at radius 2 is 1.75 bits per heavy atom. The van der Waals surface area contributed by atoms with Gasteiger partial charge in [-0.3, -0.25) is 9.69 Å². The Morgan fingerprint density at radius 1 is 1.00 bits per heavy atom. The molecule has 0 saturated carbocycles. The van der Waals surface area contributed by atoms with Gasteiger partial charge in [-0.05, 0) is 49.1 Å². The average molecular weight is 502 g/mol. The van der Waals surface area contributed by atoms with E-state index < -0.39 is 17.7 Å². The highest BCUT2D eigenvalue weighted by atomic mass is 19.1. The molecule has 0 atom stereocenters. The number of rotatable bonds is 7. The van der Waals surface area contributed by atoms with Crippen LogP contribution in [0.2, 0.25) is 0 Å². The maximum Gasteiger partial charge on any atom is 0.323 e. The quantitative estimate of drug-likeness (QED) is 0.536. The lowest BCUT2D eigenvalue weighted by atomic mass is 9.98. The van der Waals surface area contributed by atoms with Gasteiger partial charge >= 0.3 is 6.03 Å². The van der Waals surface area contributed by atoms with Crippen molar-refractivity contribution in [3.8, 4) is 0 Å². The fourth-order valence-electron chi connectivity index (χ4n) is 4.44. The second-order valence-electron chi connectivity index (χ2n) is 9.31. The maximum atomic E-state index is 13.9. The third-order valence-electron chi connectivity index (χ3n) is 6.62. The van der Waals surface area contributed by atoms with E-state index in [1.807, 2.05) is 6.07 Å². The Hall–Kier alpha value is -3.24. The van der Waals surface area contributed by atoms with Crippen LogP contribution in [0.15, 0.2) is 36.4 Å². The van der Waals surface area contributed by atoms with Crippen molar-refractivity contribution < 1.29 is 23.1 Å². The molecule has 2 saturated heterocycles. The highest BCUT2D eigenvalue weighted by Gasteiger charge is 2.22. The number of morpholine rings is 1. The third-order valence-corrected chi connectivity index (χ3v) is 6.62. The van der Waals surface area contributed by atoms with Gasteiger partial charge in [0.05, 0.1) is 24.5 Å². The summed E-state index contributed by atoms with van der Waals surface area (Å²) in [5, 5.41) is 8.02. The zero-order valence-corrected chi connectivity index (χ0v) is 20.5. The summed E-state index contributed by atoms with van der Waals surface area (Å²) in [6.07, 6.45) is 2.09. The van der Waals surface area contributed by atoms with E-state index in [9.17, 15) is 18.4 Å². The number of nitrogens with zero attached hydrogens (tertiary/aromatic N) is 2. The Balaban J connectivity index is 1.46. The molecule has 4 rings (SSSR count). The summed E-state index contributed by atoms with van der Waals surface area (Å²) in [5.74, 6) is -1.18. The summed E-state index contributed by atoms with van der Waals surface area (Å²) in [6, 6.07) is 7.41. The fraction of sp³-hybridized carbons (Fsp3) is 0.462. The molecule has 2 aliphatic rings. The standard InChI is InChI=1S/C26H33F2N5O3/c1-18-6-9-33(10-7-18)24-5-3-20(30-26(35)31-23-4-2-19(27)16-22(23)28)17-21(24)25(34)29-8-11-32-12-14-36-15-13-32/h2-5,16-18H,6-15H2,1H3,(H,29,34)(H2,30,31,35). The summed E-state index contributed by atoms with van der Waals surface area (Å²) in [6.45, 7) is 8.25. The highest BCUT2D eigenvalue weighted by molar-refractivity contribution is 6.04. The first kappa shape index (κ1) is 25.8. The SMILES string of the molecule is CC1CCN(c2ccc(NC(=O)Nc3ccc(F)cc3F)cc2C(=O)NCCN2CCOCC2)CC1. The molecule has 2 aromatic rings. The number of hydrogen-bond donors (Lipinski definition) is 3. The lowest BCUT2D eigenvalue weighted by Gasteiger charge is -2.33. The Labute approximate surface area is 210 Å². The molecule has 2 fully saturated rings. The Morgan fingerprint density at radius 3 is 2.47 bits per heavy atom. The van der Waals surface area contributed by atoms with E-state index in [-0.39, 0.29) is 11.6 Å². The monoisotopic (exact) mass is 501 g/mol. The molecule has 0 aliphatic carbocycles. The van der Waals surface area contributed by atoms with Crippen LogP contribution >= 0.6 is 0 Å². The van der Waals surface area contributed by atoms with Crippen LogP contribution in [0.3, 0.4) is 0 Å². The number of nitrogens with one attached hydrogen (secondary N) is 3. The van der Waals surface area contributed by atoms with Gasteiger partial charge in [-0.1, -0.05) is 6.92 Å². The number of anilines is 3. The number of carbonyl (C=O) groups excluding carboxylic acids is 2. The van der Waals surface area contributed by atoms with Crippen molar-refractivity contribution in [3.63, 3.8) is 0 Å². The van der Waals surface area contributed by atoms with Gasteiger partial charge in [0.1, 0.15) is 11.6 Å².